The molecule has 2 aromatic rings. The molecule has 0 radical (unpaired) electrons. The summed E-state index contributed by atoms with van der Waals surface area (Å²) in [6, 6.07) is 9.85. The van der Waals surface area contributed by atoms with Gasteiger partial charge in [-0.3, -0.25) is 4.98 Å². The van der Waals surface area contributed by atoms with Gasteiger partial charge in [0.25, 0.3) is 0 Å². The lowest BCUT2D eigenvalue weighted by molar-refractivity contribution is 0.168. The molecule has 0 spiro atoms. The summed E-state index contributed by atoms with van der Waals surface area (Å²) in [5.74, 6) is 0. The third-order valence-electron chi connectivity index (χ3n) is 7.28. The van der Waals surface area contributed by atoms with Crippen LogP contribution in [0.1, 0.15) is 49.3 Å². The number of hydrogen-bond donors (Lipinski definition) is 1. The van der Waals surface area contributed by atoms with Gasteiger partial charge in [0.1, 0.15) is 0 Å². The third-order valence-corrected chi connectivity index (χ3v) is 9.19. The van der Waals surface area contributed by atoms with Crippen molar-refractivity contribution in [3.8, 4) is 0 Å². The first-order valence-corrected chi connectivity index (χ1v) is 14.1. The zero-order valence-electron chi connectivity index (χ0n) is 20.8. The number of aryl methyl sites for hydroxylation is 1. The van der Waals surface area contributed by atoms with Crippen LogP contribution >= 0.6 is 0 Å². The Balaban J connectivity index is 0.000000189. The molecular weight excluding hydrogens is 462 g/mol. The number of rotatable bonds is 4. The highest BCUT2D eigenvalue weighted by molar-refractivity contribution is 7.89. The number of likely N-dealkylation sites (tertiary alicyclic amines) is 1. The molecule has 0 atom stereocenters. The number of urea groups is 1. The number of piperidine rings is 1. The van der Waals surface area contributed by atoms with E-state index >= 15 is 0 Å². The highest BCUT2D eigenvalue weighted by Gasteiger charge is 2.32. The summed E-state index contributed by atoms with van der Waals surface area (Å²) in [6.45, 7) is 7.12. The minimum Gasteiger partial charge on any atom is -0.341 e. The first kappa shape index (κ1) is 25.6. The normalized spacial score (nSPS) is 19.2. The van der Waals surface area contributed by atoms with Crippen LogP contribution in [-0.2, 0) is 29.5 Å². The molecule has 4 heterocycles. The molecule has 3 aliphatic heterocycles. The number of hydrogen-bond acceptors (Lipinski definition) is 5. The van der Waals surface area contributed by atoms with Crippen molar-refractivity contribution in [1.82, 2.24) is 24.4 Å². The van der Waals surface area contributed by atoms with Gasteiger partial charge in [-0.2, -0.15) is 4.31 Å². The Morgan fingerprint density at radius 1 is 1.00 bits per heavy atom. The van der Waals surface area contributed by atoms with Gasteiger partial charge in [0.05, 0.1) is 4.90 Å². The maximum atomic E-state index is 12.7. The monoisotopic (exact) mass is 499 g/mol. The number of fused-ring (bicyclic) bond motifs is 1. The van der Waals surface area contributed by atoms with Gasteiger partial charge < -0.3 is 15.1 Å². The van der Waals surface area contributed by atoms with Crippen LogP contribution < -0.4 is 5.32 Å². The average molecular weight is 500 g/mol. The molecule has 35 heavy (non-hydrogen) atoms. The Morgan fingerprint density at radius 2 is 1.66 bits per heavy atom. The van der Waals surface area contributed by atoms with Crippen LogP contribution in [0, 0.1) is 0 Å². The van der Waals surface area contributed by atoms with E-state index in [0.717, 1.165) is 24.8 Å². The van der Waals surface area contributed by atoms with Crippen molar-refractivity contribution in [2.75, 3.05) is 33.2 Å². The van der Waals surface area contributed by atoms with E-state index in [2.05, 4.69) is 22.1 Å². The standard InChI is InChI=1S/C17H26N2O2S.C9H11N3O/c1-2-15-5-7-17(8-6-15)22(20,21)19-13-9-16(10-14-19)18-11-3-4-12-18;1-10-9(13)12-5-7-2-3-11-4-8(7)6-12/h5-8,16H,2-4,9-14H2,1H3;2-4H,5-6H2,1H3,(H,10,13). The lowest BCUT2D eigenvalue weighted by Crippen LogP contribution is -2.45. The van der Waals surface area contributed by atoms with Gasteiger partial charge in [-0.1, -0.05) is 19.1 Å². The van der Waals surface area contributed by atoms with Gasteiger partial charge in [0, 0.05) is 51.7 Å². The van der Waals surface area contributed by atoms with E-state index < -0.39 is 10.0 Å². The zero-order chi connectivity index (χ0) is 24.8. The highest BCUT2D eigenvalue weighted by atomic mass is 32.2. The molecule has 5 rings (SSSR count). The van der Waals surface area contributed by atoms with E-state index in [1.807, 2.05) is 24.4 Å². The van der Waals surface area contributed by atoms with Crippen molar-refractivity contribution in [2.45, 2.75) is 63.1 Å². The van der Waals surface area contributed by atoms with E-state index in [4.69, 9.17) is 0 Å². The number of aromatic nitrogens is 1. The lowest BCUT2D eigenvalue weighted by atomic mass is 10.1. The van der Waals surface area contributed by atoms with Crippen LogP contribution in [0.4, 0.5) is 4.79 Å². The SMILES string of the molecule is CCc1ccc(S(=O)(=O)N2CCC(N3CCCC3)CC2)cc1.CNC(=O)N1Cc2ccncc2C1. The molecule has 1 aromatic heterocycles. The minimum atomic E-state index is -3.32. The molecule has 0 bridgehead atoms. The van der Waals surface area contributed by atoms with Crippen LogP contribution in [0.15, 0.2) is 47.6 Å². The molecule has 1 N–H and O–H groups in total. The molecule has 8 nitrogen and oxygen atoms in total. The van der Waals surface area contributed by atoms with Crippen molar-refractivity contribution < 1.29 is 13.2 Å². The number of pyridine rings is 1. The smallest absolute Gasteiger partial charge is 0.317 e. The molecule has 3 aliphatic rings. The molecular formula is C26H37N5O3S. The van der Waals surface area contributed by atoms with Crippen LogP contribution in [0.3, 0.4) is 0 Å². The van der Waals surface area contributed by atoms with Gasteiger partial charge in [-0.25, -0.2) is 13.2 Å². The second-order valence-electron chi connectivity index (χ2n) is 9.43. The van der Waals surface area contributed by atoms with Crippen LogP contribution in [-0.4, -0.2) is 72.8 Å². The van der Waals surface area contributed by atoms with Crippen molar-refractivity contribution in [3.63, 3.8) is 0 Å². The molecule has 190 valence electrons. The summed E-state index contributed by atoms with van der Waals surface area (Å²) in [6.07, 6.45) is 9.02. The number of carbonyl (C=O) groups is 1. The first-order valence-electron chi connectivity index (χ1n) is 12.6. The molecule has 2 amide bonds. The quantitative estimate of drug-likeness (QED) is 0.698. The number of nitrogens with zero attached hydrogens (tertiary/aromatic N) is 4. The highest BCUT2D eigenvalue weighted by Crippen LogP contribution is 2.25. The summed E-state index contributed by atoms with van der Waals surface area (Å²) >= 11 is 0. The van der Waals surface area contributed by atoms with E-state index in [1.54, 1.807) is 34.6 Å². The summed E-state index contributed by atoms with van der Waals surface area (Å²) < 4.78 is 27.1. The molecule has 2 fully saturated rings. The maximum absolute atomic E-state index is 12.7. The number of sulfonamides is 1. The summed E-state index contributed by atoms with van der Waals surface area (Å²) in [5.41, 5.74) is 3.51. The van der Waals surface area contributed by atoms with Crippen LogP contribution in [0.5, 0.6) is 0 Å². The fraction of sp³-hybridized carbons (Fsp3) is 0.538. The second kappa shape index (κ2) is 11.5. The fourth-order valence-corrected chi connectivity index (χ4v) is 6.59. The third kappa shape index (κ3) is 6.02. The molecule has 9 heteroatoms. The topological polar surface area (TPSA) is 85.8 Å². The van der Waals surface area contributed by atoms with Gasteiger partial charge in [0.15, 0.2) is 0 Å². The van der Waals surface area contributed by atoms with E-state index in [0.29, 0.717) is 37.1 Å². The Hall–Kier alpha value is -2.49. The Morgan fingerprint density at radius 3 is 2.26 bits per heavy atom. The van der Waals surface area contributed by atoms with Gasteiger partial charge in [-0.05, 0) is 80.1 Å². The molecule has 0 saturated carbocycles. The van der Waals surface area contributed by atoms with Crippen molar-refractivity contribution in [3.05, 3.63) is 59.4 Å². The molecule has 1 aromatic carbocycles. The van der Waals surface area contributed by atoms with Crippen molar-refractivity contribution in [1.29, 1.82) is 0 Å². The van der Waals surface area contributed by atoms with Crippen molar-refractivity contribution >= 4 is 16.1 Å². The Bertz CT molecular complexity index is 1070. The Labute approximate surface area is 209 Å². The van der Waals surface area contributed by atoms with Crippen LogP contribution in [0.25, 0.3) is 0 Å². The van der Waals surface area contributed by atoms with E-state index in [9.17, 15) is 13.2 Å². The number of amides is 2. The fourth-order valence-electron chi connectivity index (χ4n) is 5.12. The molecule has 2 saturated heterocycles. The van der Waals surface area contributed by atoms with E-state index in [1.165, 1.54) is 37.1 Å². The van der Waals surface area contributed by atoms with Crippen LogP contribution in [0.2, 0.25) is 0 Å². The maximum Gasteiger partial charge on any atom is 0.317 e. The average Bonchev–Trinajstić information content (AvgIpc) is 3.59. The lowest BCUT2D eigenvalue weighted by Gasteiger charge is -2.36. The predicted octanol–water partition coefficient (Wildman–Crippen LogP) is 3.23. The number of carbonyl (C=O) groups excluding carboxylic acids is 1. The van der Waals surface area contributed by atoms with Gasteiger partial charge >= 0.3 is 6.03 Å². The van der Waals surface area contributed by atoms with Gasteiger partial charge in [0.2, 0.25) is 10.0 Å². The first-order chi connectivity index (χ1) is 16.9. The zero-order valence-corrected chi connectivity index (χ0v) is 21.6. The predicted molar refractivity (Wildman–Crippen MR) is 136 cm³/mol. The number of benzene rings is 1. The summed E-state index contributed by atoms with van der Waals surface area (Å²) in [4.78, 5) is 20.0. The largest absolute Gasteiger partial charge is 0.341 e. The molecule has 0 unspecified atom stereocenters. The van der Waals surface area contributed by atoms with E-state index in [-0.39, 0.29) is 6.03 Å². The van der Waals surface area contributed by atoms with Crippen molar-refractivity contribution in [2.24, 2.45) is 0 Å². The van der Waals surface area contributed by atoms with Gasteiger partial charge in [-0.15, -0.1) is 0 Å². The molecule has 0 aliphatic carbocycles. The Kier molecular flexibility index (Phi) is 8.41. The minimum absolute atomic E-state index is 0.0313. The second-order valence-corrected chi connectivity index (χ2v) is 11.4. The number of nitrogens with one attached hydrogen (secondary N) is 1. The summed E-state index contributed by atoms with van der Waals surface area (Å²) in [5, 5.41) is 2.61. The summed E-state index contributed by atoms with van der Waals surface area (Å²) in [7, 11) is -1.68.